The lowest BCUT2D eigenvalue weighted by Gasteiger charge is -2.27. The monoisotopic (exact) mass is 335 g/mol. The van der Waals surface area contributed by atoms with E-state index in [-0.39, 0.29) is 18.6 Å². The number of ether oxygens (including phenoxy) is 1. The zero-order valence-corrected chi connectivity index (χ0v) is 12.3. The predicted molar refractivity (Wildman–Crippen MR) is 78.6 cm³/mol. The van der Waals surface area contributed by atoms with Crippen LogP contribution >= 0.6 is 0 Å². The minimum atomic E-state index is -0.920. The molecule has 2 aromatic heterocycles. The van der Waals surface area contributed by atoms with Crippen molar-refractivity contribution in [3.05, 3.63) is 47.8 Å². The summed E-state index contributed by atoms with van der Waals surface area (Å²) in [5.41, 5.74) is 1.03. The Morgan fingerprint density at radius 1 is 1.17 bits per heavy atom. The molecule has 3 heterocycles. The van der Waals surface area contributed by atoms with Crippen molar-refractivity contribution in [3.63, 3.8) is 0 Å². The van der Waals surface area contributed by atoms with Gasteiger partial charge in [-0.3, -0.25) is 4.57 Å². The first-order valence-corrected chi connectivity index (χ1v) is 7.30. The van der Waals surface area contributed by atoms with Crippen molar-refractivity contribution in [1.29, 1.82) is 0 Å². The third-order valence-electron chi connectivity index (χ3n) is 3.76. The highest BCUT2D eigenvalue weighted by Crippen LogP contribution is 2.28. The van der Waals surface area contributed by atoms with Crippen molar-refractivity contribution in [2.75, 3.05) is 11.9 Å². The SMILES string of the molecule is Fc1cc(F)cc(CNc2nc(F)nc3c2ncn3C2CCO2)c1. The van der Waals surface area contributed by atoms with Gasteiger partial charge in [0.1, 0.15) is 17.9 Å². The molecule has 1 aliphatic rings. The quantitative estimate of drug-likeness (QED) is 0.743. The van der Waals surface area contributed by atoms with Gasteiger partial charge in [0.05, 0.1) is 12.9 Å². The molecule has 9 heteroatoms. The number of nitrogens with one attached hydrogen (secondary N) is 1. The van der Waals surface area contributed by atoms with E-state index in [1.807, 2.05) is 0 Å². The molecule has 0 aliphatic carbocycles. The van der Waals surface area contributed by atoms with Crippen LogP contribution < -0.4 is 5.32 Å². The Kier molecular flexibility index (Phi) is 3.57. The summed E-state index contributed by atoms with van der Waals surface area (Å²) >= 11 is 0. The molecule has 24 heavy (non-hydrogen) atoms. The van der Waals surface area contributed by atoms with Gasteiger partial charge in [-0.15, -0.1) is 0 Å². The van der Waals surface area contributed by atoms with E-state index in [4.69, 9.17) is 4.74 Å². The first-order valence-electron chi connectivity index (χ1n) is 7.30. The lowest BCUT2D eigenvalue weighted by molar-refractivity contribution is -0.0974. The summed E-state index contributed by atoms with van der Waals surface area (Å²) in [6, 6.07) is 3.16. The number of anilines is 1. The van der Waals surface area contributed by atoms with Crippen LogP contribution in [0.25, 0.3) is 11.2 Å². The zero-order chi connectivity index (χ0) is 16.7. The Morgan fingerprint density at radius 3 is 2.58 bits per heavy atom. The van der Waals surface area contributed by atoms with Crippen molar-refractivity contribution in [3.8, 4) is 0 Å². The van der Waals surface area contributed by atoms with Crippen molar-refractivity contribution >= 4 is 17.0 Å². The molecule has 1 atom stereocenters. The maximum absolute atomic E-state index is 13.7. The van der Waals surface area contributed by atoms with Gasteiger partial charge < -0.3 is 10.1 Å². The summed E-state index contributed by atoms with van der Waals surface area (Å²) in [7, 11) is 0. The maximum Gasteiger partial charge on any atom is 0.312 e. The second-order valence-electron chi connectivity index (χ2n) is 5.41. The average molecular weight is 335 g/mol. The fourth-order valence-corrected chi connectivity index (χ4v) is 2.57. The van der Waals surface area contributed by atoms with Gasteiger partial charge in [0.2, 0.25) is 0 Å². The standard InChI is InChI=1S/C15H12F3N5O/c16-9-3-8(4-10(17)5-9)6-19-13-12-14(22-15(18)21-13)23(7-20-12)11-1-2-24-11/h3-5,7,11H,1-2,6H2,(H,19,21,22). The molecule has 6 nitrogen and oxygen atoms in total. The smallest absolute Gasteiger partial charge is 0.312 e. The van der Waals surface area contributed by atoms with E-state index in [1.165, 1.54) is 18.5 Å². The molecule has 1 unspecified atom stereocenters. The van der Waals surface area contributed by atoms with Crippen molar-refractivity contribution in [2.45, 2.75) is 19.2 Å². The lowest BCUT2D eigenvalue weighted by atomic mass is 10.2. The van der Waals surface area contributed by atoms with E-state index < -0.39 is 17.7 Å². The van der Waals surface area contributed by atoms with Gasteiger partial charge in [-0.05, 0) is 17.7 Å². The van der Waals surface area contributed by atoms with Gasteiger partial charge in [0.25, 0.3) is 0 Å². The number of fused-ring (bicyclic) bond motifs is 1. The molecular weight excluding hydrogens is 323 g/mol. The van der Waals surface area contributed by atoms with Crippen LogP contribution in [0.5, 0.6) is 0 Å². The molecule has 0 saturated carbocycles. The Bertz CT molecular complexity index is 889. The number of benzene rings is 1. The van der Waals surface area contributed by atoms with Gasteiger partial charge in [-0.1, -0.05) is 0 Å². The summed E-state index contributed by atoms with van der Waals surface area (Å²) < 4.78 is 47.2. The third-order valence-corrected chi connectivity index (χ3v) is 3.76. The van der Waals surface area contributed by atoms with E-state index in [2.05, 4.69) is 20.3 Å². The largest absolute Gasteiger partial charge is 0.364 e. The minimum Gasteiger partial charge on any atom is -0.364 e. The molecule has 0 spiro atoms. The lowest BCUT2D eigenvalue weighted by Crippen LogP contribution is -2.24. The van der Waals surface area contributed by atoms with Gasteiger partial charge in [-0.25, -0.2) is 13.8 Å². The Morgan fingerprint density at radius 2 is 1.92 bits per heavy atom. The summed E-state index contributed by atoms with van der Waals surface area (Å²) in [5.74, 6) is -1.21. The number of imidazole rings is 1. The topological polar surface area (TPSA) is 64.9 Å². The Balaban J connectivity index is 1.65. The van der Waals surface area contributed by atoms with E-state index in [9.17, 15) is 13.2 Å². The Hall–Kier alpha value is -2.68. The maximum atomic E-state index is 13.7. The van der Waals surface area contributed by atoms with E-state index in [0.717, 1.165) is 12.5 Å². The first-order chi connectivity index (χ1) is 11.6. The van der Waals surface area contributed by atoms with Crippen LogP contribution in [0, 0.1) is 17.7 Å². The fraction of sp³-hybridized carbons (Fsp3) is 0.267. The summed E-state index contributed by atoms with van der Waals surface area (Å²) in [6.45, 7) is 0.696. The van der Waals surface area contributed by atoms with Gasteiger partial charge in [0.15, 0.2) is 17.0 Å². The number of hydrogen-bond donors (Lipinski definition) is 1. The van der Waals surface area contributed by atoms with Crippen LogP contribution in [0.2, 0.25) is 0 Å². The molecule has 1 saturated heterocycles. The second kappa shape index (κ2) is 5.75. The van der Waals surface area contributed by atoms with Crippen LogP contribution in [-0.4, -0.2) is 26.1 Å². The van der Waals surface area contributed by atoms with E-state index >= 15 is 0 Å². The molecular formula is C15H12F3N5O. The highest BCUT2D eigenvalue weighted by atomic mass is 19.1. The number of halogens is 3. The number of aromatic nitrogens is 4. The molecule has 0 radical (unpaired) electrons. The predicted octanol–water partition coefficient (Wildman–Crippen LogP) is 2.77. The zero-order valence-electron chi connectivity index (χ0n) is 12.3. The Labute approximate surface area is 134 Å². The minimum absolute atomic E-state index is 0.0625. The molecule has 1 aliphatic heterocycles. The molecule has 1 aromatic carbocycles. The second-order valence-corrected chi connectivity index (χ2v) is 5.41. The van der Waals surface area contributed by atoms with Crippen LogP contribution in [0.4, 0.5) is 19.0 Å². The third kappa shape index (κ3) is 2.67. The molecule has 0 bridgehead atoms. The van der Waals surface area contributed by atoms with E-state index in [0.29, 0.717) is 23.3 Å². The highest BCUT2D eigenvalue weighted by Gasteiger charge is 2.24. The fourth-order valence-electron chi connectivity index (χ4n) is 2.57. The molecule has 124 valence electrons. The molecule has 4 rings (SSSR count). The summed E-state index contributed by atoms with van der Waals surface area (Å²) in [6.07, 6.45) is 1.17. The van der Waals surface area contributed by atoms with Gasteiger partial charge in [0, 0.05) is 19.0 Å². The number of nitrogens with zero attached hydrogens (tertiary/aromatic N) is 4. The molecule has 3 aromatic rings. The van der Waals surface area contributed by atoms with Crippen LogP contribution in [0.3, 0.4) is 0 Å². The number of rotatable bonds is 4. The van der Waals surface area contributed by atoms with Crippen LogP contribution in [0.15, 0.2) is 24.5 Å². The summed E-state index contributed by atoms with van der Waals surface area (Å²) in [5, 5.41) is 2.85. The highest BCUT2D eigenvalue weighted by molar-refractivity contribution is 5.82. The van der Waals surface area contributed by atoms with Gasteiger partial charge in [-0.2, -0.15) is 14.4 Å². The first kappa shape index (κ1) is 14.9. The van der Waals surface area contributed by atoms with Crippen LogP contribution in [-0.2, 0) is 11.3 Å². The van der Waals surface area contributed by atoms with Crippen molar-refractivity contribution in [2.24, 2.45) is 0 Å². The normalized spacial score (nSPS) is 17.0. The molecule has 1 fully saturated rings. The molecule has 0 amide bonds. The van der Waals surface area contributed by atoms with Crippen molar-refractivity contribution in [1.82, 2.24) is 19.5 Å². The van der Waals surface area contributed by atoms with E-state index in [1.54, 1.807) is 4.57 Å². The number of hydrogen-bond acceptors (Lipinski definition) is 5. The van der Waals surface area contributed by atoms with Crippen molar-refractivity contribution < 1.29 is 17.9 Å². The molecule has 1 N–H and O–H groups in total. The van der Waals surface area contributed by atoms with Crippen LogP contribution in [0.1, 0.15) is 18.2 Å². The van der Waals surface area contributed by atoms with Gasteiger partial charge >= 0.3 is 6.08 Å². The summed E-state index contributed by atoms with van der Waals surface area (Å²) in [4.78, 5) is 11.6. The average Bonchev–Trinajstić information content (AvgIpc) is 2.86.